The summed E-state index contributed by atoms with van der Waals surface area (Å²) in [4.78, 5) is 22.8. The van der Waals surface area contributed by atoms with E-state index in [0.29, 0.717) is 19.6 Å². The summed E-state index contributed by atoms with van der Waals surface area (Å²) in [7, 11) is -3.19. The molecule has 8 nitrogen and oxygen atoms in total. The second kappa shape index (κ2) is 10.4. The molecule has 0 aromatic rings. The third-order valence-electron chi connectivity index (χ3n) is 4.43. The fourth-order valence-corrected chi connectivity index (χ4v) is 4.74. The summed E-state index contributed by atoms with van der Waals surface area (Å²) in [5, 5.41) is 0. The Bertz CT molecular complexity index is 513. The Balaban J connectivity index is 2.87. The van der Waals surface area contributed by atoms with Crippen LogP contribution in [0.4, 0.5) is 0 Å². The highest BCUT2D eigenvalue weighted by Gasteiger charge is 2.45. The number of hydrogen-bond donors (Lipinski definition) is 0. The van der Waals surface area contributed by atoms with Gasteiger partial charge in [-0.3, -0.25) is 14.2 Å². The van der Waals surface area contributed by atoms with Crippen molar-refractivity contribution in [2.45, 2.75) is 66.5 Å². The van der Waals surface area contributed by atoms with E-state index in [1.165, 1.54) is 13.8 Å². The van der Waals surface area contributed by atoms with Crippen molar-refractivity contribution in [1.82, 2.24) is 0 Å². The molecule has 0 aromatic heterocycles. The van der Waals surface area contributed by atoms with Gasteiger partial charge < -0.3 is 23.3 Å². The predicted molar refractivity (Wildman–Crippen MR) is 94.7 cm³/mol. The Morgan fingerprint density at radius 1 is 0.962 bits per heavy atom. The zero-order chi connectivity index (χ0) is 19.9. The van der Waals surface area contributed by atoms with Crippen LogP contribution in [0.3, 0.4) is 0 Å². The van der Waals surface area contributed by atoms with E-state index in [-0.39, 0.29) is 24.1 Å². The van der Waals surface area contributed by atoms with Crippen LogP contribution in [0.2, 0.25) is 0 Å². The molecule has 26 heavy (non-hydrogen) atoms. The van der Waals surface area contributed by atoms with E-state index >= 15 is 0 Å². The van der Waals surface area contributed by atoms with E-state index in [2.05, 4.69) is 0 Å². The molecule has 1 aliphatic rings. The normalized spacial score (nSPS) is 29.2. The summed E-state index contributed by atoms with van der Waals surface area (Å²) >= 11 is 0. The number of carbonyl (C=O) groups excluding carboxylic acids is 2. The van der Waals surface area contributed by atoms with Crippen LogP contribution in [0, 0.1) is 11.8 Å². The minimum atomic E-state index is -3.19. The zero-order valence-corrected chi connectivity index (χ0v) is 17.3. The van der Waals surface area contributed by atoms with Crippen molar-refractivity contribution >= 4 is 19.5 Å². The van der Waals surface area contributed by atoms with Gasteiger partial charge in [-0.25, -0.2) is 0 Å². The Morgan fingerprint density at radius 2 is 1.50 bits per heavy atom. The van der Waals surface area contributed by atoms with Crippen molar-refractivity contribution < 1.29 is 37.4 Å². The van der Waals surface area contributed by atoms with Crippen LogP contribution in [-0.4, -0.2) is 49.8 Å². The SMILES string of the molecule is CCOP(=O)(CC[C@H]1O[C@H](OC(C)=O)[C@@H](OC(C)=O)[C@@H](C)[C@@H]1C)OCC. The fourth-order valence-electron chi connectivity index (χ4n) is 3.05. The Kier molecular flexibility index (Phi) is 9.24. The standard InChI is InChI=1S/C17H31O8P/c1-7-21-26(20,22-8-2)10-9-15-11(3)12(4)16(23-13(5)18)17(25-15)24-14(6)19/h11-12,15-17H,7-10H2,1-6H3/t11-,12-,15+,16-,17-/m0/s1. The summed E-state index contributed by atoms with van der Waals surface area (Å²) in [5.74, 6) is -1.11. The number of esters is 2. The maximum absolute atomic E-state index is 12.7. The first-order valence-electron chi connectivity index (χ1n) is 9.01. The van der Waals surface area contributed by atoms with Crippen LogP contribution in [0.1, 0.15) is 48.0 Å². The molecule has 0 radical (unpaired) electrons. The van der Waals surface area contributed by atoms with E-state index in [1.54, 1.807) is 13.8 Å². The van der Waals surface area contributed by atoms with Gasteiger partial charge in [0.2, 0.25) is 6.29 Å². The highest BCUT2D eigenvalue weighted by atomic mass is 31.2. The molecule has 1 aliphatic heterocycles. The van der Waals surface area contributed by atoms with Crippen LogP contribution >= 0.6 is 7.60 Å². The monoisotopic (exact) mass is 394 g/mol. The Labute approximate surface area is 155 Å². The van der Waals surface area contributed by atoms with E-state index in [9.17, 15) is 14.2 Å². The van der Waals surface area contributed by atoms with Crippen molar-refractivity contribution in [1.29, 1.82) is 0 Å². The molecular formula is C17H31O8P. The maximum atomic E-state index is 12.7. The summed E-state index contributed by atoms with van der Waals surface area (Å²) < 4.78 is 39.7. The lowest BCUT2D eigenvalue weighted by Crippen LogP contribution is -2.52. The van der Waals surface area contributed by atoms with E-state index in [4.69, 9.17) is 23.3 Å². The smallest absolute Gasteiger partial charge is 0.330 e. The second-order valence-corrected chi connectivity index (χ2v) is 8.59. The highest BCUT2D eigenvalue weighted by molar-refractivity contribution is 7.53. The highest BCUT2D eigenvalue weighted by Crippen LogP contribution is 2.49. The number of carbonyl (C=O) groups is 2. The lowest BCUT2D eigenvalue weighted by Gasteiger charge is -2.43. The average molecular weight is 394 g/mol. The molecule has 1 rings (SSSR count). The van der Waals surface area contributed by atoms with Crippen LogP contribution in [0.5, 0.6) is 0 Å². The lowest BCUT2D eigenvalue weighted by molar-refractivity contribution is -0.266. The van der Waals surface area contributed by atoms with Crippen molar-refractivity contribution in [3.63, 3.8) is 0 Å². The molecule has 0 N–H and O–H groups in total. The lowest BCUT2D eigenvalue weighted by atomic mass is 9.82. The summed E-state index contributed by atoms with van der Waals surface area (Å²) in [5.41, 5.74) is 0. The van der Waals surface area contributed by atoms with Crippen LogP contribution < -0.4 is 0 Å². The van der Waals surface area contributed by atoms with Gasteiger partial charge in [0.05, 0.1) is 25.5 Å². The molecule has 1 fully saturated rings. The molecule has 0 aliphatic carbocycles. The van der Waals surface area contributed by atoms with Gasteiger partial charge in [0.1, 0.15) is 0 Å². The van der Waals surface area contributed by atoms with Crippen LogP contribution in [0.25, 0.3) is 0 Å². The zero-order valence-electron chi connectivity index (χ0n) is 16.4. The van der Waals surface area contributed by atoms with Gasteiger partial charge >= 0.3 is 19.5 Å². The van der Waals surface area contributed by atoms with E-state index < -0.39 is 31.9 Å². The summed E-state index contributed by atoms with van der Waals surface area (Å²) in [6.45, 7) is 10.5. The van der Waals surface area contributed by atoms with E-state index in [1.807, 2.05) is 13.8 Å². The number of hydrogen-bond acceptors (Lipinski definition) is 8. The molecule has 0 aromatic carbocycles. The molecule has 9 heteroatoms. The van der Waals surface area contributed by atoms with Crippen molar-refractivity contribution in [2.75, 3.05) is 19.4 Å². The second-order valence-electron chi connectivity index (χ2n) is 6.40. The minimum Gasteiger partial charge on any atom is -0.456 e. The first-order chi connectivity index (χ1) is 12.1. The third-order valence-corrected chi connectivity index (χ3v) is 6.54. The van der Waals surface area contributed by atoms with Gasteiger partial charge in [0.25, 0.3) is 0 Å². The molecule has 0 bridgehead atoms. The van der Waals surface area contributed by atoms with Crippen molar-refractivity contribution in [2.24, 2.45) is 11.8 Å². The molecule has 1 saturated heterocycles. The quantitative estimate of drug-likeness (QED) is 0.435. The summed E-state index contributed by atoms with van der Waals surface area (Å²) in [6.07, 6.45) is -1.41. The van der Waals surface area contributed by atoms with Crippen LogP contribution in [-0.2, 0) is 37.4 Å². The van der Waals surface area contributed by atoms with Crippen LogP contribution in [0.15, 0.2) is 0 Å². The molecule has 0 unspecified atom stereocenters. The molecule has 5 atom stereocenters. The van der Waals surface area contributed by atoms with Crippen molar-refractivity contribution in [3.05, 3.63) is 0 Å². The van der Waals surface area contributed by atoms with Gasteiger partial charge in [-0.2, -0.15) is 0 Å². The summed E-state index contributed by atoms with van der Waals surface area (Å²) in [6, 6.07) is 0. The van der Waals surface area contributed by atoms with Gasteiger partial charge in [-0.15, -0.1) is 0 Å². The minimum absolute atomic E-state index is 0.0112. The average Bonchev–Trinajstić information content (AvgIpc) is 2.53. The van der Waals surface area contributed by atoms with Crippen molar-refractivity contribution in [3.8, 4) is 0 Å². The molecular weight excluding hydrogens is 363 g/mol. The number of rotatable bonds is 9. The molecule has 0 spiro atoms. The largest absolute Gasteiger partial charge is 0.456 e. The first kappa shape index (κ1) is 23.1. The molecule has 1 heterocycles. The number of ether oxygens (including phenoxy) is 3. The van der Waals surface area contributed by atoms with Gasteiger partial charge in [0, 0.05) is 19.8 Å². The topological polar surface area (TPSA) is 97.4 Å². The molecule has 0 saturated carbocycles. The third kappa shape index (κ3) is 6.65. The fraction of sp³-hybridized carbons (Fsp3) is 0.882. The Hall–Kier alpha value is -0.950. The van der Waals surface area contributed by atoms with Gasteiger partial charge in [-0.05, 0) is 26.2 Å². The Morgan fingerprint density at radius 3 is 1.96 bits per heavy atom. The van der Waals surface area contributed by atoms with E-state index in [0.717, 1.165) is 0 Å². The first-order valence-corrected chi connectivity index (χ1v) is 10.7. The molecule has 152 valence electrons. The molecule has 0 amide bonds. The van der Waals surface area contributed by atoms with Gasteiger partial charge in [0.15, 0.2) is 6.10 Å². The van der Waals surface area contributed by atoms with Gasteiger partial charge in [-0.1, -0.05) is 13.8 Å². The predicted octanol–water partition coefficient (Wildman–Crippen LogP) is 3.13. The maximum Gasteiger partial charge on any atom is 0.330 e.